The van der Waals surface area contributed by atoms with Gasteiger partial charge >= 0.3 is 7.12 Å². The molecule has 1 heterocycles. The van der Waals surface area contributed by atoms with E-state index in [9.17, 15) is 9.82 Å². The fourth-order valence-electron chi connectivity index (χ4n) is 4.67. The van der Waals surface area contributed by atoms with Crippen LogP contribution in [0.25, 0.3) is 5.57 Å². The molecule has 6 nitrogen and oxygen atoms in total. The first kappa shape index (κ1) is 21.4. The number of carbonyl (C=O) groups is 1. The van der Waals surface area contributed by atoms with E-state index in [1.165, 1.54) is 0 Å². The molecule has 1 amide bonds. The second kappa shape index (κ2) is 8.73. The van der Waals surface area contributed by atoms with Crippen molar-refractivity contribution in [2.24, 2.45) is 11.7 Å². The number of para-hydroxylation sites is 1. The first-order valence-corrected chi connectivity index (χ1v) is 11.3. The van der Waals surface area contributed by atoms with Gasteiger partial charge < -0.3 is 26.0 Å². The molecule has 30 heavy (non-hydrogen) atoms. The summed E-state index contributed by atoms with van der Waals surface area (Å²) in [6, 6.07) is 6.41. The molecular formula is C23H34BN3O3. The van der Waals surface area contributed by atoms with Crippen LogP contribution in [0.4, 0.5) is 0 Å². The third-order valence-corrected chi connectivity index (χ3v) is 6.88. The molecule has 4 rings (SSSR count). The SMILES string of the molecule is C=C(C)c1cccc2c1OB(O)[C@@H](NC(=O)C[C@H]1CC[C@H](NCC3(N)CC3)CC1)C2. The molecule has 0 unspecified atom stereocenters. The Balaban J connectivity index is 1.24. The summed E-state index contributed by atoms with van der Waals surface area (Å²) in [5.41, 5.74) is 9.00. The van der Waals surface area contributed by atoms with Gasteiger partial charge in [-0.15, -0.1) is 0 Å². The van der Waals surface area contributed by atoms with Gasteiger partial charge in [0.15, 0.2) is 0 Å². The quantitative estimate of drug-likeness (QED) is 0.516. The molecule has 0 spiro atoms. The maximum atomic E-state index is 12.6. The van der Waals surface area contributed by atoms with E-state index in [4.69, 9.17) is 10.4 Å². The molecule has 3 aliphatic rings. The van der Waals surface area contributed by atoms with Crippen LogP contribution in [0.3, 0.4) is 0 Å². The molecule has 1 atom stereocenters. The average Bonchev–Trinajstić information content (AvgIpc) is 3.45. The lowest BCUT2D eigenvalue weighted by Gasteiger charge is -2.32. The standard InChI is InChI=1S/C23H34BN3O3/c1-15(2)19-5-3-4-17-13-20(24(29)30-22(17)19)27-21(28)12-16-6-8-18(9-7-16)26-14-23(25)10-11-23/h3-5,16,18,20,26,29H,1,6-14,25H2,2H3,(H,27,28)/t16-,18-,20-/m0/s1. The summed E-state index contributed by atoms with van der Waals surface area (Å²) < 4.78 is 5.76. The summed E-state index contributed by atoms with van der Waals surface area (Å²) in [5.74, 6) is 0.652. The third-order valence-electron chi connectivity index (χ3n) is 6.88. The molecule has 0 bridgehead atoms. The zero-order valence-corrected chi connectivity index (χ0v) is 18.0. The maximum absolute atomic E-state index is 12.6. The summed E-state index contributed by atoms with van der Waals surface area (Å²) in [7, 11) is -1.05. The van der Waals surface area contributed by atoms with Gasteiger partial charge in [-0.2, -0.15) is 0 Å². The van der Waals surface area contributed by atoms with Gasteiger partial charge in [0, 0.05) is 30.1 Å². The first-order chi connectivity index (χ1) is 14.3. The zero-order chi connectivity index (χ0) is 21.3. The number of nitrogens with one attached hydrogen (secondary N) is 2. The predicted molar refractivity (Wildman–Crippen MR) is 120 cm³/mol. The van der Waals surface area contributed by atoms with E-state index in [1.54, 1.807) is 0 Å². The lowest BCUT2D eigenvalue weighted by atomic mass is 9.72. The highest BCUT2D eigenvalue weighted by Gasteiger charge is 2.39. The smallest absolute Gasteiger partial charge is 0.534 e. The van der Waals surface area contributed by atoms with E-state index < -0.39 is 13.1 Å². The van der Waals surface area contributed by atoms with E-state index in [0.717, 1.165) is 61.8 Å². The van der Waals surface area contributed by atoms with Crippen molar-refractivity contribution >= 4 is 18.6 Å². The third kappa shape index (κ3) is 5.07. The Morgan fingerprint density at radius 2 is 2.07 bits per heavy atom. The van der Waals surface area contributed by atoms with Crippen LogP contribution >= 0.6 is 0 Å². The molecule has 1 aromatic rings. The number of hydrogen-bond acceptors (Lipinski definition) is 5. The van der Waals surface area contributed by atoms with E-state index >= 15 is 0 Å². The van der Waals surface area contributed by atoms with Gasteiger partial charge in [0.05, 0.1) is 5.94 Å². The Bertz CT molecular complexity index is 803. The van der Waals surface area contributed by atoms with Crippen LogP contribution in [-0.2, 0) is 11.2 Å². The largest absolute Gasteiger partial charge is 0.547 e. The average molecular weight is 411 g/mol. The molecule has 2 aliphatic carbocycles. The number of hydrogen-bond donors (Lipinski definition) is 4. The van der Waals surface area contributed by atoms with Gasteiger partial charge in [-0.1, -0.05) is 24.8 Å². The van der Waals surface area contributed by atoms with Crippen molar-refractivity contribution in [1.29, 1.82) is 0 Å². The van der Waals surface area contributed by atoms with Gasteiger partial charge in [0.2, 0.25) is 5.91 Å². The van der Waals surface area contributed by atoms with Crippen LogP contribution < -0.4 is 21.0 Å². The van der Waals surface area contributed by atoms with Crippen LogP contribution in [0.15, 0.2) is 24.8 Å². The highest BCUT2D eigenvalue weighted by molar-refractivity contribution is 6.46. The number of carbonyl (C=O) groups excluding carboxylic acids is 1. The Labute approximate surface area is 179 Å². The molecule has 2 fully saturated rings. The number of nitrogens with two attached hydrogens (primary N) is 1. The van der Waals surface area contributed by atoms with Gasteiger partial charge in [0.25, 0.3) is 0 Å². The lowest BCUT2D eigenvalue weighted by Crippen LogP contribution is -2.53. The number of rotatable bonds is 7. The highest BCUT2D eigenvalue weighted by Crippen LogP contribution is 2.34. The summed E-state index contributed by atoms with van der Waals surface area (Å²) in [5, 5.41) is 17.1. The summed E-state index contributed by atoms with van der Waals surface area (Å²) in [6.07, 6.45) is 7.63. The molecule has 1 aliphatic heterocycles. The molecule has 5 N–H and O–H groups in total. The van der Waals surface area contributed by atoms with Crippen molar-refractivity contribution in [3.05, 3.63) is 35.9 Å². The van der Waals surface area contributed by atoms with Crippen LogP contribution in [0.5, 0.6) is 5.75 Å². The second-order valence-corrected chi connectivity index (χ2v) is 9.63. The Kier molecular flexibility index (Phi) is 6.23. The van der Waals surface area contributed by atoms with Crippen molar-refractivity contribution < 1.29 is 14.5 Å². The molecule has 1 aromatic carbocycles. The zero-order valence-electron chi connectivity index (χ0n) is 18.0. The maximum Gasteiger partial charge on any atom is 0.547 e. The van der Waals surface area contributed by atoms with Crippen LogP contribution in [0.2, 0.25) is 0 Å². The topological polar surface area (TPSA) is 96.6 Å². The van der Waals surface area contributed by atoms with E-state index in [0.29, 0.717) is 30.6 Å². The molecule has 162 valence electrons. The monoisotopic (exact) mass is 411 g/mol. The van der Waals surface area contributed by atoms with Gasteiger partial charge in [-0.05, 0) is 68.9 Å². The molecular weight excluding hydrogens is 377 g/mol. The molecule has 0 radical (unpaired) electrons. The Morgan fingerprint density at radius 3 is 2.73 bits per heavy atom. The highest BCUT2D eigenvalue weighted by atomic mass is 16.5. The van der Waals surface area contributed by atoms with Crippen molar-refractivity contribution in [2.75, 3.05) is 6.54 Å². The lowest BCUT2D eigenvalue weighted by molar-refractivity contribution is -0.122. The minimum atomic E-state index is -1.05. The van der Waals surface area contributed by atoms with Crippen LogP contribution in [-0.4, -0.2) is 42.1 Å². The number of fused-ring (bicyclic) bond motifs is 1. The number of benzene rings is 1. The van der Waals surface area contributed by atoms with E-state index in [-0.39, 0.29) is 11.4 Å². The number of amides is 1. The molecule has 2 saturated carbocycles. The fraction of sp³-hybridized carbons (Fsp3) is 0.609. The normalized spacial score (nSPS) is 27.0. The summed E-state index contributed by atoms with van der Waals surface area (Å²) in [6.45, 7) is 6.81. The minimum Gasteiger partial charge on any atom is -0.534 e. The van der Waals surface area contributed by atoms with Crippen LogP contribution in [0.1, 0.15) is 63.0 Å². The minimum absolute atomic E-state index is 0.00236. The summed E-state index contributed by atoms with van der Waals surface area (Å²) in [4.78, 5) is 12.6. The second-order valence-electron chi connectivity index (χ2n) is 9.63. The Morgan fingerprint density at radius 1 is 1.33 bits per heavy atom. The number of allylic oxidation sites excluding steroid dienone is 1. The summed E-state index contributed by atoms with van der Waals surface area (Å²) >= 11 is 0. The fourth-order valence-corrected chi connectivity index (χ4v) is 4.67. The molecule has 0 saturated heterocycles. The van der Waals surface area contributed by atoms with E-state index in [1.807, 2.05) is 25.1 Å². The van der Waals surface area contributed by atoms with Crippen molar-refractivity contribution in [2.45, 2.75) is 75.8 Å². The van der Waals surface area contributed by atoms with Gasteiger partial charge in [-0.25, -0.2) is 0 Å². The van der Waals surface area contributed by atoms with Crippen molar-refractivity contribution in [1.82, 2.24) is 10.6 Å². The Hall–Kier alpha value is -1.83. The predicted octanol–water partition coefficient (Wildman–Crippen LogP) is 2.19. The molecule has 7 heteroatoms. The van der Waals surface area contributed by atoms with E-state index in [2.05, 4.69) is 17.2 Å². The first-order valence-electron chi connectivity index (χ1n) is 11.3. The van der Waals surface area contributed by atoms with Gasteiger partial charge in [0.1, 0.15) is 5.75 Å². The van der Waals surface area contributed by atoms with Gasteiger partial charge in [-0.3, -0.25) is 4.79 Å². The van der Waals surface area contributed by atoms with Crippen molar-refractivity contribution in [3.63, 3.8) is 0 Å². The van der Waals surface area contributed by atoms with Crippen LogP contribution in [0, 0.1) is 5.92 Å². The van der Waals surface area contributed by atoms with Crippen molar-refractivity contribution in [3.8, 4) is 5.75 Å². The molecule has 0 aromatic heterocycles.